The summed E-state index contributed by atoms with van der Waals surface area (Å²) >= 11 is 1.86. The van der Waals surface area contributed by atoms with Gasteiger partial charge in [-0.3, -0.25) is 0 Å². The molecule has 1 aromatic heterocycles. The standard InChI is InChI=1S/C55H35NOS/c1-2-14-37(15-3-1)41-16-5-10-22-50(41)56(39-29-26-36(27-30-39)38-28-33-54-45(34-38)44-18-6-13-25-53(44)58-54)40-31-32-43-42-17-4-7-19-46(42)55(49(43)35-40)47-20-8-11-23-51(47)57-52-24-12-9-21-48(52)55/h1-35H. The van der Waals surface area contributed by atoms with Crippen LogP contribution in [0.25, 0.3) is 53.6 Å². The third-order valence-corrected chi connectivity index (χ3v) is 13.3. The van der Waals surface area contributed by atoms with Crippen molar-refractivity contribution in [1.29, 1.82) is 0 Å². The van der Waals surface area contributed by atoms with Crippen LogP contribution in [0.15, 0.2) is 212 Å². The minimum absolute atomic E-state index is 0.563. The zero-order valence-electron chi connectivity index (χ0n) is 31.5. The van der Waals surface area contributed by atoms with Crippen LogP contribution in [0.4, 0.5) is 17.1 Å². The summed E-state index contributed by atoms with van der Waals surface area (Å²) in [6.07, 6.45) is 0. The van der Waals surface area contributed by atoms with Crippen LogP contribution in [0.1, 0.15) is 22.3 Å². The molecule has 0 bridgehead atoms. The number of nitrogens with zero attached hydrogens (tertiary/aromatic N) is 1. The van der Waals surface area contributed by atoms with Gasteiger partial charge >= 0.3 is 0 Å². The van der Waals surface area contributed by atoms with Gasteiger partial charge in [-0.1, -0.05) is 152 Å². The Hall–Kier alpha value is -7.20. The van der Waals surface area contributed by atoms with E-state index in [1.807, 2.05) is 11.3 Å². The largest absolute Gasteiger partial charge is 0.457 e. The monoisotopic (exact) mass is 757 g/mol. The van der Waals surface area contributed by atoms with Gasteiger partial charge in [-0.05, 0) is 99.6 Å². The van der Waals surface area contributed by atoms with Crippen LogP contribution < -0.4 is 9.64 Å². The average Bonchev–Trinajstić information content (AvgIpc) is 3.81. The second-order valence-corrected chi connectivity index (χ2v) is 16.3. The molecule has 2 heterocycles. The van der Waals surface area contributed by atoms with Crippen molar-refractivity contribution in [2.45, 2.75) is 5.41 Å². The van der Waals surface area contributed by atoms with Gasteiger partial charge in [0.1, 0.15) is 11.5 Å². The smallest absolute Gasteiger partial charge is 0.132 e. The molecule has 0 radical (unpaired) electrons. The van der Waals surface area contributed by atoms with Gasteiger partial charge in [0.2, 0.25) is 0 Å². The highest BCUT2D eigenvalue weighted by Gasteiger charge is 2.51. The molecule has 1 aliphatic heterocycles. The van der Waals surface area contributed by atoms with Crippen LogP contribution in [0.5, 0.6) is 11.5 Å². The lowest BCUT2D eigenvalue weighted by Crippen LogP contribution is -2.32. The van der Waals surface area contributed by atoms with E-state index >= 15 is 0 Å². The van der Waals surface area contributed by atoms with Crippen molar-refractivity contribution in [2.75, 3.05) is 4.90 Å². The maximum Gasteiger partial charge on any atom is 0.132 e. The van der Waals surface area contributed by atoms with E-state index in [1.165, 1.54) is 64.7 Å². The molecule has 1 spiro atoms. The molecule has 0 fully saturated rings. The summed E-state index contributed by atoms with van der Waals surface area (Å²) in [6.45, 7) is 0. The number of hydrogen-bond donors (Lipinski definition) is 0. The Morgan fingerprint density at radius 3 is 1.74 bits per heavy atom. The highest BCUT2D eigenvalue weighted by atomic mass is 32.1. The van der Waals surface area contributed by atoms with E-state index in [4.69, 9.17) is 4.74 Å². The lowest BCUT2D eigenvalue weighted by Gasteiger charge is -2.39. The van der Waals surface area contributed by atoms with E-state index < -0.39 is 5.41 Å². The Morgan fingerprint density at radius 2 is 0.948 bits per heavy atom. The molecule has 0 atom stereocenters. The van der Waals surface area contributed by atoms with Gasteiger partial charge in [0.25, 0.3) is 0 Å². The first-order valence-corrected chi connectivity index (χ1v) is 20.6. The number of benzene rings is 9. The highest BCUT2D eigenvalue weighted by molar-refractivity contribution is 7.25. The molecule has 10 aromatic rings. The van der Waals surface area contributed by atoms with E-state index in [0.29, 0.717) is 0 Å². The number of rotatable bonds is 5. The van der Waals surface area contributed by atoms with Crippen molar-refractivity contribution in [2.24, 2.45) is 0 Å². The van der Waals surface area contributed by atoms with E-state index in [0.717, 1.165) is 39.7 Å². The normalized spacial score (nSPS) is 13.1. The number of thiophene rings is 1. The lowest BCUT2D eigenvalue weighted by molar-refractivity contribution is 0.436. The zero-order chi connectivity index (χ0) is 38.2. The predicted molar refractivity (Wildman–Crippen MR) is 242 cm³/mol. The van der Waals surface area contributed by atoms with Gasteiger partial charge in [-0.25, -0.2) is 0 Å². The van der Waals surface area contributed by atoms with Crippen molar-refractivity contribution in [3.05, 3.63) is 235 Å². The summed E-state index contributed by atoms with van der Waals surface area (Å²) in [5.41, 5.74) is 14.8. The quantitative estimate of drug-likeness (QED) is 0.173. The fraction of sp³-hybridized carbons (Fsp3) is 0.0182. The van der Waals surface area contributed by atoms with Crippen molar-refractivity contribution in [3.8, 4) is 44.9 Å². The summed E-state index contributed by atoms with van der Waals surface area (Å²) in [5, 5.41) is 2.63. The predicted octanol–water partition coefficient (Wildman–Crippen LogP) is 15.3. The molecule has 9 aromatic carbocycles. The first-order chi connectivity index (χ1) is 28.8. The van der Waals surface area contributed by atoms with Gasteiger partial charge in [0.15, 0.2) is 0 Å². The molecule has 58 heavy (non-hydrogen) atoms. The SMILES string of the molecule is c1ccc(-c2ccccc2N(c2ccc(-c3ccc4sc5ccccc5c4c3)cc2)c2ccc3c(c2)C2(c4ccccc4Oc4ccccc42)c2ccccc2-3)cc1. The Kier molecular flexibility index (Phi) is 7.35. The van der Waals surface area contributed by atoms with Crippen LogP contribution in [0.3, 0.4) is 0 Å². The maximum absolute atomic E-state index is 6.65. The van der Waals surface area contributed by atoms with Crippen molar-refractivity contribution in [1.82, 2.24) is 0 Å². The third kappa shape index (κ3) is 4.84. The number of anilines is 3. The fourth-order valence-electron chi connectivity index (χ4n) is 9.65. The van der Waals surface area contributed by atoms with Crippen LogP contribution in [-0.4, -0.2) is 0 Å². The van der Waals surface area contributed by atoms with Crippen molar-refractivity contribution >= 4 is 48.6 Å². The molecular formula is C55H35NOS. The van der Waals surface area contributed by atoms with Crippen molar-refractivity contribution < 1.29 is 4.74 Å². The molecule has 0 N–H and O–H groups in total. The second kappa shape index (κ2) is 12.9. The summed E-state index contributed by atoms with van der Waals surface area (Å²) < 4.78 is 9.29. The molecule has 0 amide bonds. The second-order valence-electron chi connectivity index (χ2n) is 15.2. The summed E-state index contributed by atoms with van der Waals surface area (Å²) in [6, 6.07) is 77.4. The van der Waals surface area contributed by atoms with Gasteiger partial charge in [-0.15, -0.1) is 11.3 Å². The number of ether oxygens (including phenoxy) is 1. The van der Waals surface area contributed by atoms with Gasteiger partial charge in [0, 0.05) is 48.2 Å². The van der Waals surface area contributed by atoms with Gasteiger partial charge in [0.05, 0.1) is 11.1 Å². The first kappa shape index (κ1) is 33.0. The summed E-state index contributed by atoms with van der Waals surface area (Å²) in [5.74, 6) is 1.79. The van der Waals surface area contributed by atoms with Crippen LogP contribution in [0.2, 0.25) is 0 Å². The minimum atomic E-state index is -0.563. The third-order valence-electron chi connectivity index (χ3n) is 12.2. The lowest BCUT2D eigenvalue weighted by atomic mass is 9.66. The van der Waals surface area contributed by atoms with E-state index in [9.17, 15) is 0 Å². The minimum Gasteiger partial charge on any atom is -0.457 e. The molecule has 0 unspecified atom stereocenters. The van der Waals surface area contributed by atoms with Crippen LogP contribution >= 0.6 is 11.3 Å². The molecule has 3 heteroatoms. The molecule has 0 saturated carbocycles. The van der Waals surface area contributed by atoms with Crippen LogP contribution in [0, 0.1) is 0 Å². The average molecular weight is 758 g/mol. The molecule has 0 saturated heterocycles. The Balaban J connectivity index is 1.07. The number of hydrogen-bond acceptors (Lipinski definition) is 3. The van der Waals surface area contributed by atoms with E-state index in [2.05, 4.69) is 217 Å². The maximum atomic E-state index is 6.65. The molecular weight excluding hydrogens is 723 g/mol. The van der Waals surface area contributed by atoms with E-state index in [-0.39, 0.29) is 0 Å². The van der Waals surface area contributed by atoms with Crippen molar-refractivity contribution in [3.63, 3.8) is 0 Å². The molecule has 12 rings (SSSR count). The number of para-hydroxylation sites is 3. The fourth-order valence-corrected chi connectivity index (χ4v) is 10.7. The Labute approximate surface area is 341 Å². The Bertz CT molecular complexity index is 3170. The zero-order valence-corrected chi connectivity index (χ0v) is 32.3. The van der Waals surface area contributed by atoms with Gasteiger partial charge in [-0.2, -0.15) is 0 Å². The molecule has 2 aliphatic rings. The molecule has 272 valence electrons. The van der Waals surface area contributed by atoms with E-state index in [1.54, 1.807) is 0 Å². The summed E-state index contributed by atoms with van der Waals surface area (Å²) in [7, 11) is 0. The molecule has 1 aliphatic carbocycles. The van der Waals surface area contributed by atoms with Crippen LogP contribution in [-0.2, 0) is 5.41 Å². The number of fused-ring (bicyclic) bond motifs is 12. The van der Waals surface area contributed by atoms with Gasteiger partial charge < -0.3 is 9.64 Å². The topological polar surface area (TPSA) is 12.5 Å². The summed E-state index contributed by atoms with van der Waals surface area (Å²) in [4.78, 5) is 2.44. The Morgan fingerprint density at radius 1 is 0.362 bits per heavy atom. The molecule has 2 nitrogen and oxygen atoms in total. The first-order valence-electron chi connectivity index (χ1n) is 19.8. The highest BCUT2D eigenvalue weighted by Crippen LogP contribution is 2.62.